The Morgan fingerprint density at radius 3 is 3.18 bits per heavy atom. The lowest BCUT2D eigenvalue weighted by molar-refractivity contribution is 0.754. The third-order valence-electron chi connectivity index (χ3n) is 1.18. The molecule has 4 heteroatoms. The topological polar surface area (TPSA) is 34.9 Å². The number of allylic oxidation sites excluding steroid dienone is 1. The largest absolute Gasteiger partial charge is 0.295 e. The maximum absolute atomic E-state index is 11.0. The van der Waals surface area contributed by atoms with Crippen molar-refractivity contribution in [3.63, 3.8) is 0 Å². The molecule has 0 saturated carbocycles. The fourth-order valence-electron chi connectivity index (χ4n) is 0.669. The van der Waals surface area contributed by atoms with Crippen molar-refractivity contribution in [3.05, 3.63) is 40.6 Å². The van der Waals surface area contributed by atoms with Crippen LogP contribution in [0, 0.1) is 0 Å². The number of aromatic nitrogens is 2. The predicted molar refractivity (Wildman–Crippen MR) is 43.5 cm³/mol. The quantitative estimate of drug-likeness (QED) is 0.664. The summed E-state index contributed by atoms with van der Waals surface area (Å²) in [5.41, 5.74) is 1.30. The minimum absolute atomic E-state index is 0.0743. The van der Waals surface area contributed by atoms with Crippen LogP contribution in [-0.4, -0.2) is 9.55 Å². The van der Waals surface area contributed by atoms with Gasteiger partial charge in [-0.05, 0) is 0 Å². The third-order valence-corrected chi connectivity index (χ3v) is 1.36. The minimum Gasteiger partial charge on any atom is -0.295 e. The van der Waals surface area contributed by atoms with Crippen LogP contribution in [0.5, 0.6) is 0 Å². The summed E-state index contributed by atoms with van der Waals surface area (Å²) in [5.74, 6) is 0. The molecule has 0 bridgehead atoms. The molecule has 58 valence electrons. The second-order valence-electron chi connectivity index (χ2n) is 1.93. The molecule has 0 atom stereocenters. The zero-order valence-electron chi connectivity index (χ0n) is 5.77. The Balaban J connectivity index is 2.86. The van der Waals surface area contributed by atoms with Gasteiger partial charge < -0.3 is 0 Å². The monoisotopic (exact) mass is 170 g/mol. The molecule has 1 aromatic rings. The highest BCUT2D eigenvalue weighted by Gasteiger charge is 1.88. The molecule has 0 unspecified atom stereocenters. The SMILES string of the molecule is O=c1ccncn1C/C=C/Cl. The van der Waals surface area contributed by atoms with Crippen molar-refractivity contribution < 1.29 is 0 Å². The predicted octanol–water partition coefficient (Wildman–Crippen LogP) is 0.996. The van der Waals surface area contributed by atoms with Gasteiger partial charge in [-0.2, -0.15) is 0 Å². The van der Waals surface area contributed by atoms with Gasteiger partial charge in [-0.1, -0.05) is 17.7 Å². The number of hydrogen-bond donors (Lipinski definition) is 0. The molecule has 0 amide bonds. The molecule has 1 aromatic heterocycles. The molecular formula is C7H7ClN2O. The second-order valence-corrected chi connectivity index (χ2v) is 2.18. The van der Waals surface area contributed by atoms with Crippen LogP contribution >= 0.6 is 11.6 Å². The first-order valence-corrected chi connectivity index (χ1v) is 3.54. The van der Waals surface area contributed by atoms with E-state index in [0.717, 1.165) is 0 Å². The Kier molecular flexibility index (Phi) is 2.86. The first-order valence-electron chi connectivity index (χ1n) is 3.10. The van der Waals surface area contributed by atoms with E-state index in [2.05, 4.69) is 4.98 Å². The molecule has 1 heterocycles. The van der Waals surface area contributed by atoms with Crippen molar-refractivity contribution in [3.8, 4) is 0 Å². The zero-order chi connectivity index (χ0) is 8.10. The molecule has 0 fully saturated rings. The molecule has 0 saturated heterocycles. The van der Waals surface area contributed by atoms with Crippen molar-refractivity contribution in [2.45, 2.75) is 6.54 Å². The molecule has 0 aliphatic rings. The van der Waals surface area contributed by atoms with Gasteiger partial charge in [-0.25, -0.2) is 4.98 Å². The Hall–Kier alpha value is -1.09. The fourth-order valence-corrected chi connectivity index (χ4v) is 0.749. The first kappa shape index (κ1) is 8.01. The van der Waals surface area contributed by atoms with Crippen LogP contribution in [0.25, 0.3) is 0 Å². The fraction of sp³-hybridized carbons (Fsp3) is 0.143. The lowest BCUT2D eigenvalue weighted by Crippen LogP contribution is -2.17. The van der Waals surface area contributed by atoms with Crippen LogP contribution in [0.4, 0.5) is 0 Å². The van der Waals surface area contributed by atoms with E-state index < -0.39 is 0 Å². The molecule has 0 aliphatic heterocycles. The van der Waals surface area contributed by atoms with Gasteiger partial charge >= 0.3 is 0 Å². The first-order chi connectivity index (χ1) is 5.34. The van der Waals surface area contributed by atoms with Crippen molar-refractivity contribution >= 4 is 11.6 Å². The van der Waals surface area contributed by atoms with E-state index in [1.165, 1.54) is 28.7 Å². The van der Waals surface area contributed by atoms with Crippen LogP contribution in [0.1, 0.15) is 0 Å². The van der Waals surface area contributed by atoms with E-state index >= 15 is 0 Å². The summed E-state index contributed by atoms with van der Waals surface area (Å²) in [4.78, 5) is 14.8. The van der Waals surface area contributed by atoms with Gasteiger partial charge in [-0.15, -0.1) is 0 Å². The number of rotatable bonds is 2. The number of hydrogen-bond acceptors (Lipinski definition) is 2. The Morgan fingerprint density at radius 1 is 1.73 bits per heavy atom. The van der Waals surface area contributed by atoms with Gasteiger partial charge in [0.2, 0.25) is 0 Å². The van der Waals surface area contributed by atoms with E-state index in [4.69, 9.17) is 11.6 Å². The van der Waals surface area contributed by atoms with Crippen LogP contribution < -0.4 is 5.56 Å². The zero-order valence-corrected chi connectivity index (χ0v) is 6.53. The van der Waals surface area contributed by atoms with E-state index in [1.54, 1.807) is 6.08 Å². The molecule has 0 spiro atoms. The number of halogens is 1. The summed E-state index contributed by atoms with van der Waals surface area (Å²) in [6.07, 6.45) is 4.60. The summed E-state index contributed by atoms with van der Waals surface area (Å²) in [7, 11) is 0. The highest BCUT2D eigenvalue weighted by atomic mass is 35.5. The highest BCUT2D eigenvalue weighted by molar-refractivity contribution is 6.25. The highest BCUT2D eigenvalue weighted by Crippen LogP contribution is 1.82. The average Bonchev–Trinajstić information content (AvgIpc) is 2.03. The summed E-state index contributed by atoms with van der Waals surface area (Å²) in [6.45, 7) is 0.468. The van der Waals surface area contributed by atoms with E-state index in [-0.39, 0.29) is 5.56 Å². The average molecular weight is 171 g/mol. The lowest BCUT2D eigenvalue weighted by atomic mass is 10.5. The molecule has 3 nitrogen and oxygen atoms in total. The minimum atomic E-state index is -0.0743. The molecule has 11 heavy (non-hydrogen) atoms. The molecule has 0 aliphatic carbocycles. The summed E-state index contributed by atoms with van der Waals surface area (Å²) in [6, 6.07) is 1.40. The van der Waals surface area contributed by atoms with Crippen molar-refractivity contribution in [2.75, 3.05) is 0 Å². The van der Waals surface area contributed by atoms with Crippen LogP contribution in [0.15, 0.2) is 35.0 Å². The van der Waals surface area contributed by atoms with Crippen molar-refractivity contribution in [2.24, 2.45) is 0 Å². The van der Waals surface area contributed by atoms with Gasteiger partial charge in [-0.3, -0.25) is 9.36 Å². The molecule has 0 aromatic carbocycles. The molecular weight excluding hydrogens is 164 g/mol. The van der Waals surface area contributed by atoms with Crippen molar-refractivity contribution in [1.29, 1.82) is 0 Å². The maximum Gasteiger partial charge on any atom is 0.253 e. The Morgan fingerprint density at radius 2 is 2.55 bits per heavy atom. The van der Waals surface area contributed by atoms with Crippen LogP contribution in [-0.2, 0) is 6.54 Å². The number of nitrogens with zero attached hydrogens (tertiary/aromatic N) is 2. The van der Waals surface area contributed by atoms with Gasteiger partial charge in [0.15, 0.2) is 0 Å². The Bertz CT molecular complexity index is 305. The lowest BCUT2D eigenvalue weighted by Gasteiger charge is -1.96. The third kappa shape index (κ3) is 2.20. The second kappa shape index (κ2) is 3.93. The van der Waals surface area contributed by atoms with Gasteiger partial charge in [0.1, 0.15) is 0 Å². The summed E-state index contributed by atoms with van der Waals surface area (Å²) < 4.78 is 1.46. The van der Waals surface area contributed by atoms with E-state index in [9.17, 15) is 4.79 Å². The van der Waals surface area contributed by atoms with Crippen molar-refractivity contribution in [1.82, 2.24) is 9.55 Å². The normalized spacial score (nSPS) is 10.6. The molecule has 0 N–H and O–H groups in total. The van der Waals surface area contributed by atoms with Gasteiger partial charge in [0.25, 0.3) is 5.56 Å². The smallest absolute Gasteiger partial charge is 0.253 e. The van der Waals surface area contributed by atoms with Crippen LogP contribution in [0.2, 0.25) is 0 Å². The Labute approximate surface area is 69.0 Å². The molecule has 0 radical (unpaired) electrons. The van der Waals surface area contributed by atoms with E-state index in [0.29, 0.717) is 6.54 Å². The summed E-state index contributed by atoms with van der Waals surface area (Å²) >= 11 is 5.29. The summed E-state index contributed by atoms with van der Waals surface area (Å²) in [5, 5.41) is 0. The van der Waals surface area contributed by atoms with E-state index in [1.807, 2.05) is 0 Å². The standard InChI is InChI=1S/C7H7ClN2O/c8-3-1-5-10-6-9-4-2-7(10)11/h1-4,6H,5H2/b3-1+. The van der Waals surface area contributed by atoms with Gasteiger partial charge in [0.05, 0.1) is 6.33 Å². The maximum atomic E-state index is 11.0. The van der Waals surface area contributed by atoms with Gasteiger partial charge in [0, 0.05) is 24.3 Å². The molecule has 1 rings (SSSR count). The van der Waals surface area contributed by atoms with Crippen LogP contribution in [0.3, 0.4) is 0 Å².